The van der Waals surface area contributed by atoms with Gasteiger partial charge in [-0.05, 0) is 37.4 Å². The van der Waals surface area contributed by atoms with E-state index in [1.165, 1.54) is 19.7 Å². The van der Waals surface area contributed by atoms with Crippen molar-refractivity contribution in [2.24, 2.45) is 5.16 Å². The van der Waals surface area contributed by atoms with Crippen LogP contribution < -0.4 is 16.4 Å². The summed E-state index contributed by atoms with van der Waals surface area (Å²) in [5, 5.41) is 9.80. The van der Waals surface area contributed by atoms with E-state index >= 15 is 0 Å². The topological polar surface area (TPSA) is 118 Å². The molecule has 0 aliphatic carbocycles. The number of hydrogen-bond acceptors (Lipinski definition) is 8. The van der Waals surface area contributed by atoms with Gasteiger partial charge in [0.15, 0.2) is 0 Å². The van der Waals surface area contributed by atoms with Crippen molar-refractivity contribution in [1.82, 2.24) is 20.2 Å². The first-order valence-electron chi connectivity index (χ1n) is 9.13. The summed E-state index contributed by atoms with van der Waals surface area (Å²) in [6.07, 6.45) is 2.80. The quantitative estimate of drug-likeness (QED) is 0.422. The van der Waals surface area contributed by atoms with Gasteiger partial charge in [0.05, 0.1) is 11.8 Å². The summed E-state index contributed by atoms with van der Waals surface area (Å²) >= 11 is 0. The van der Waals surface area contributed by atoms with Gasteiger partial charge in [0.1, 0.15) is 25.1 Å². The molecule has 0 fully saturated rings. The zero-order valence-electron chi connectivity index (χ0n) is 16.5. The minimum Gasteiger partial charge on any atom is -0.399 e. The molecule has 2 aromatic rings. The standard InChI is InChI=1S/C19H27N7O2/c1-4-26(5-2)11-10-21-19(27)14-6-8-15(9-7-14)25-18-16(12-24-28-3)17(20)22-13-23-18/h6-9,12-13H,4-5,10-11H2,1-3H3,(H,21,27)(H3,20,22,23,25). The van der Waals surface area contributed by atoms with E-state index < -0.39 is 0 Å². The first-order chi connectivity index (χ1) is 13.6. The fourth-order valence-electron chi connectivity index (χ4n) is 2.55. The fraction of sp³-hybridized carbons (Fsp3) is 0.368. The number of anilines is 3. The minimum atomic E-state index is -0.0992. The summed E-state index contributed by atoms with van der Waals surface area (Å²) < 4.78 is 0. The van der Waals surface area contributed by atoms with Crippen molar-refractivity contribution in [2.75, 3.05) is 44.3 Å². The number of nitrogen functional groups attached to an aromatic ring is 1. The number of benzene rings is 1. The molecule has 0 spiro atoms. The molecule has 2 rings (SSSR count). The van der Waals surface area contributed by atoms with Gasteiger partial charge in [-0.2, -0.15) is 0 Å². The van der Waals surface area contributed by atoms with Crippen molar-refractivity contribution in [2.45, 2.75) is 13.8 Å². The Hall–Kier alpha value is -3.20. The maximum atomic E-state index is 12.3. The number of likely N-dealkylation sites (N-methyl/N-ethyl adjacent to an activating group) is 1. The highest BCUT2D eigenvalue weighted by Gasteiger charge is 2.09. The number of aromatic nitrogens is 2. The predicted molar refractivity (Wildman–Crippen MR) is 111 cm³/mol. The lowest BCUT2D eigenvalue weighted by atomic mass is 10.2. The average Bonchev–Trinajstić information content (AvgIpc) is 2.71. The number of nitrogens with one attached hydrogen (secondary N) is 2. The zero-order chi connectivity index (χ0) is 20.4. The molecule has 0 radical (unpaired) electrons. The summed E-state index contributed by atoms with van der Waals surface area (Å²) in [4.78, 5) is 27.4. The van der Waals surface area contributed by atoms with E-state index in [0.29, 0.717) is 23.5 Å². The third-order valence-corrected chi connectivity index (χ3v) is 4.22. The second kappa shape index (κ2) is 10.8. The lowest BCUT2D eigenvalue weighted by molar-refractivity contribution is 0.0949. The Balaban J connectivity index is 2.00. The van der Waals surface area contributed by atoms with Crippen molar-refractivity contribution in [3.63, 3.8) is 0 Å². The van der Waals surface area contributed by atoms with E-state index in [1.807, 2.05) is 0 Å². The number of carbonyl (C=O) groups is 1. The van der Waals surface area contributed by atoms with E-state index in [4.69, 9.17) is 10.6 Å². The molecule has 1 amide bonds. The molecule has 0 aliphatic rings. The molecular formula is C19H27N7O2. The number of nitrogens with two attached hydrogens (primary N) is 1. The predicted octanol–water partition coefficient (Wildman–Crippen LogP) is 1.85. The van der Waals surface area contributed by atoms with E-state index in [-0.39, 0.29) is 11.7 Å². The molecule has 4 N–H and O–H groups in total. The van der Waals surface area contributed by atoms with Gasteiger partial charge >= 0.3 is 0 Å². The highest BCUT2D eigenvalue weighted by molar-refractivity contribution is 5.95. The van der Waals surface area contributed by atoms with E-state index in [9.17, 15) is 4.79 Å². The van der Waals surface area contributed by atoms with Crippen LogP contribution in [0.5, 0.6) is 0 Å². The highest BCUT2D eigenvalue weighted by Crippen LogP contribution is 2.20. The summed E-state index contributed by atoms with van der Waals surface area (Å²) in [5.41, 5.74) is 7.74. The Morgan fingerprint density at radius 1 is 1.25 bits per heavy atom. The third-order valence-electron chi connectivity index (χ3n) is 4.22. The molecule has 28 heavy (non-hydrogen) atoms. The van der Waals surface area contributed by atoms with Crippen LogP contribution in [0.4, 0.5) is 17.3 Å². The maximum absolute atomic E-state index is 12.3. The Labute approximate surface area is 165 Å². The molecule has 0 saturated heterocycles. The van der Waals surface area contributed by atoms with Crippen LogP contribution in [0.15, 0.2) is 35.7 Å². The van der Waals surface area contributed by atoms with Gasteiger partial charge in [-0.3, -0.25) is 4.79 Å². The third kappa shape index (κ3) is 5.92. The van der Waals surface area contributed by atoms with Crippen LogP contribution in [-0.2, 0) is 4.84 Å². The average molecular weight is 385 g/mol. The molecular weight excluding hydrogens is 358 g/mol. The van der Waals surface area contributed by atoms with E-state index in [0.717, 1.165) is 25.3 Å². The van der Waals surface area contributed by atoms with Crippen LogP contribution in [0.1, 0.15) is 29.8 Å². The van der Waals surface area contributed by atoms with Crippen LogP contribution in [0.3, 0.4) is 0 Å². The van der Waals surface area contributed by atoms with Crippen molar-refractivity contribution < 1.29 is 9.63 Å². The summed E-state index contributed by atoms with van der Waals surface area (Å²) in [7, 11) is 1.44. The molecule has 1 aromatic heterocycles. The van der Waals surface area contributed by atoms with Gasteiger partial charge in [-0.1, -0.05) is 19.0 Å². The van der Waals surface area contributed by atoms with Gasteiger partial charge in [0.25, 0.3) is 5.91 Å². The minimum absolute atomic E-state index is 0.0992. The Morgan fingerprint density at radius 3 is 2.61 bits per heavy atom. The van der Waals surface area contributed by atoms with Crippen LogP contribution in [0, 0.1) is 0 Å². The van der Waals surface area contributed by atoms with Gasteiger partial charge < -0.3 is 26.1 Å². The molecule has 0 bridgehead atoms. The maximum Gasteiger partial charge on any atom is 0.251 e. The largest absolute Gasteiger partial charge is 0.399 e. The second-order valence-electron chi connectivity index (χ2n) is 5.92. The van der Waals surface area contributed by atoms with Crippen LogP contribution in [-0.4, -0.2) is 60.3 Å². The van der Waals surface area contributed by atoms with Crippen molar-refractivity contribution in [3.05, 3.63) is 41.7 Å². The molecule has 150 valence electrons. The number of nitrogens with zero attached hydrogens (tertiary/aromatic N) is 4. The number of oxime groups is 1. The lowest BCUT2D eigenvalue weighted by Crippen LogP contribution is -2.34. The zero-order valence-corrected chi connectivity index (χ0v) is 16.5. The van der Waals surface area contributed by atoms with Gasteiger partial charge in [-0.25, -0.2) is 9.97 Å². The molecule has 0 unspecified atom stereocenters. The molecule has 0 aliphatic heterocycles. The van der Waals surface area contributed by atoms with E-state index in [2.05, 4.69) is 44.5 Å². The van der Waals surface area contributed by atoms with Crippen LogP contribution in [0.2, 0.25) is 0 Å². The highest BCUT2D eigenvalue weighted by atomic mass is 16.6. The molecule has 9 nitrogen and oxygen atoms in total. The van der Waals surface area contributed by atoms with Crippen molar-refractivity contribution >= 4 is 29.4 Å². The SMILES string of the molecule is CCN(CC)CCNC(=O)c1ccc(Nc2ncnc(N)c2C=NOC)cc1. The normalized spacial score (nSPS) is 11.0. The number of hydrogen-bond donors (Lipinski definition) is 3. The molecule has 0 saturated carbocycles. The van der Waals surface area contributed by atoms with Gasteiger partial charge in [-0.15, -0.1) is 0 Å². The fourth-order valence-corrected chi connectivity index (χ4v) is 2.55. The summed E-state index contributed by atoms with van der Waals surface area (Å²) in [5.74, 6) is 0.671. The monoisotopic (exact) mass is 385 g/mol. The number of amides is 1. The van der Waals surface area contributed by atoms with Gasteiger partial charge in [0, 0.05) is 24.3 Å². The molecule has 0 atom stereocenters. The summed E-state index contributed by atoms with van der Waals surface area (Å²) in [6, 6.07) is 7.11. The molecule has 1 heterocycles. The number of rotatable bonds is 10. The van der Waals surface area contributed by atoms with E-state index in [1.54, 1.807) is 24.3 Å². The Bertz CT molecular complexity index is 789. The smallest absolute Gasteiger partial charge is 0.251 e. The molecule has 9 heteroatoms. The van der Waals surface area contributed by atoms with Crippen molar-refractivity contribution in [1.29, 1.82) is 0 Å². The number of carbonyl (C=O) groups excluding carboxylic acids is 1. The molecule has 1 aromatic carbocycles. The van der Waals surface area contributed by atoms with Crippen molar-refractivity contribution in [3.8, 4) is 0 Å². The second-order valence-corrected chi connectivity index (χ2v) is 5.92. The summed E-state index contributed by atoms with van der Waals surface area (Å²) in [6.45, 7) is 7.60. The first-order valence-corrected chi connectivity index (χ1v) is 9.13. The Kier molecular flexibility index (Phi) is 8.16. The van der Waals surface area contributed by atoms with Crippen LogP contribution in [0.25, 0.3) is 0 Å². The van der Waals surface area contributed by atoms with Gasteiger partial charge in [0.2, 0.25) is 0 Å². The Morgan fingerprint density at radius 2 is 1.96 bits per heavy atom. The first kappa shape index (κ1) is 21.1. The van der Waals surface area contributed by atoms with Crippen LogP contribution >= 0.6 is 0 Å². The lowest BCUT2D eigenvalue weighted by Gasteiger charge is -2.18.